The third-order valence-electron chi connectivity index (χ3n) is 10.5. The van der Waals surface area contributed by atoms with Crippen molar-refractivity contribution in [1.29, 1.82) is 0 Å². The first-order chi connectivity index (χ1) is 27.0. The summed E-state index contributed by atoms with van der Waals surface area (Å²) in [4.78, 5) is 26.2. The van der Waals surface area contributed by atoms with Gasteiger partial charge in [0.2, 0.25) is 0 Å². The topological polar surface area (TPSA) is 52.6 Å². The maximum absolute atomic E-state index is 13.1. The van der Waals surface area contributed by atoms with Crippen LogP contribution in [0.15, 0.2) is 24.3 Å². The van der Waals surface area contributed by atoms with E-state index in [0.29, 0.717) is 11.5 Å². The Bertz CT molecular complexity index is 810. The Balaban J connectivity index is 4.13. The van der Waals surface area contributed by atoms with Gasteiger partial charge in [-0.25, -0.2) is 0 Å². The summed E-state index contributed by atoms with van der Waals surface area (Å²) < 4.78 is 14.1. The number of unbranched alkanes of at least 4 members (excludes halogenated alkanes) is 26. The Morgan fingerprint density at radius 1 is 0.382 bits per heavy atom. The van der Waals surface area contributed by atoms with Crippen LogP contribution >= 0.6 is 23.5 Å². The van der Waals surface area contributed by atoms with Crippen LogP contribution in [-0.4, -0.2) is 54.2 Å². The molecule has 7 heteroatoms. The van der Waals surface area contributed by atoms with Crippen LogP contribution < -0.4 is 0 Å². The fraction of sp³-hybridized carbons (Fsp3) is 0.875. The van der Waals surface area contributed by atoms with Crippen molar-refractivity contribution in [3.8, 4) is 0 Å². The first kappa shape index (κ1) is 54.9. The molecule has 0 aromatic heterocycles. The molecule has 0 saturated heterocycles. The molecule has 4 nitrogen and oxygen atoms in total. The normalized spacial score (nSPS) is 12.0. The van der Waals surface area contributed by atoms with Crippen molar-refractivity contribution in [2.75, 3.05) is 23.0 Å². The molecule has 0 spiro atoms. The van der Waals surface area contributed by atoms with E-state index >= 15 is 0 Å². The van der Waals surface area contributed by atoms with Crippen LogP contribution in [0.1, 0.15) is 233 Å². The summed E-state index contributed by atoms with van der Waals surface area (Å²) in [5.41, 5.74) is 0. The summed E-state index contributed by atoms with van der Waals surface area (Å²) in [5.74, 6) is 2.45. The van der Waals surface area contributed by atoms with Gasteiger partial charge in [0.05, 0.1) is 0 Å². The summed E-state index contributed by atoms with van der Waals surface area (Å²) in [6.45, 7) is 8.88. The zero-order chi connectivity index (χ0) is 40.2. The van der Waals surface area contributed by atoms with Crippen molar-refractivity contribution in [2.24, 2.45) is 0 Å². The average Bonchev–Trinajstić information content (AvgIpc) is 3.18. The van der Waals surface area contributed by atoms with Gasteiger partial charge in [-0.2, -0.15) is 0 Å². The fourth-order valence-electron chi connectivity index (χ4n) is 6.93. The molecule has 0 aromatic carbocycles. The summed E-state index contributed by atoms with van der Waals surface area (Å²) in [6, 6.07) is 0. The van der Waals surface area contributed by atoms with Gasteiger partial charge in [-0.15, -0.1) is 0 Å². The minimum absolute atomic E-state index is 0.151. The molecule has 0 radical (unpaired) electrons. The molecule has 0 aromatic rings. The Kier molecular flexibility index (Phi) is 44.9. The van der Waals surface area contributed by atoms with Gasteiger partial charge in [-0.05, 0) is 25.7 Å². The molecule has 0 N–H and O–H groups in total. The van der Waals surface area contributed by atoms with Gasteiger partial charge in [-0.3, -0.25) is 0 Å². The van der Waals surface area contributed by atoms with Crippen molar-refractivity contribution in [1.82, 2.24) is 0 Å². The molecule has 0 heterocycles. The van der Waals surface area contributed by atoms with Crippen molar-refractivity contribution in [3.63, 3.8) is 0 Å². The summed E-state index contributed by atoms with van der Waals surface area (Å²) in [6.07, 6.45) is 50.3. The van der Waals surface area contributed by atoms with Crippen LogP contribution in [0.5, 0.6) is 0 Å². The Morgan fingerprint density at radius 2 is 0.655 bits per heavy atom. The predicted octanol–water partition coefficient (Wildman–Crippen LogP) is 16.7. The van der Waals surface area contributed by atoms with Gasteiger partial charge in [0.15, 0.2) is 0 Å². The van der Waals surface area contributed by atoms with Gasteiger partial charge < -0.3 is 0 Å². The van der Waals surface area contributed by atoms with Gasteiger partial charge in [-0.1, -0.05) is 102 Å². The molecule has 0 unspecified atom stereocenters. The molecule has 0 aliphatic rings. The molecule has 324 valence electrons. The molecule has 0 aliphatic carbocycles. The number of carbonyl (C=O) groups excluding carboxylic acids is 2. The van der Waals surface area contributed by atoms with E-state index in [-0.39, 0.29) is 11.9 Å². The quantitative estimate of drug-likeness (QED) is 0.0345. The molecule has 0 atom stereocenters. The third-order valence-corrected chi connectivity index (χ3v) is 22.3. The third kappa shape index (κ3) is 40.5. The van der Waals surface area contributed by atoms with Crippen molar-refractivity contribution in [3.05, 3.63) is 24.3 Å². The number of thioether (sulfide) groups is 2. The Labute approximate surface area is 357 Å². The van der Waals surface area contributed by atoms with E-state index in [4.69, 9.17) is 6.15 Å². The molecule has 0 fully saturated rings. The molecule has 0 aliphatic heterocycles. The zero-order valence-corrected chi connectivity index (χ0v) is 41.6. The van der Waals surface area contributed by atoms with Crippen LogP contribution in [0.25, 0.3) is 0 Å². The van der Waals surface area contributed by atoms with Crippen molar-refractivity contribution in [2.45, 2.75) is 242 Å². The SMILES string of the molecule is CCCCCCCC/C=C\CCCCCCCCSCC(=O)[O][Sn]([CH2]CCC)([CH2]CCC)[O]C(=O)CSCCCCCCCC/C=C\CCCCCCCC. The molecule has 0 saturated carbocycles. The summed E-state index contributed by atoms with van der Waals surface area (Å²) in [5, 5.41) is 0. The van der Waals surface area contributed by atoms with Gasteiger partial charge in [0.25, 0.3) is 0 Å². The van der Waals surface area contributed by atoms with E-state index in [1.165, 1.54) is 167 Å². The second kappa shape index (κ2) is 45.0. The number of allylic oxidation sites excluding steroid dienone is 4. The van der Waals surface area contributed by atoms with Gasteiger partial charge in [0, 0.05) is 0 Å². The first-order valence-electron chi connectivity index (χ1n) is 23.9. The molecule has 0 amide bonds. The van der Waals surface area contributed by atoms with Crippen LogP contribution in [0.4, 0.5) is 0 Å². The van der Waals surface area contributed by atoms with E-state index in [0.717, 1.165) is 58.9 Å². The molecular weight excluding hydrogens is 823 g/mol. The Morgan fingerprint density at radius 3 is 0.964 bits per heavy atom. The zero-order valence-electron chi connectivity index (χ0n) is 37.1. The van der Waals surface area contributed by atoms with E-state index in [1.54, 1.807) is 23.5 Å². The number of rotatable bonds is 44. The molecule has 0 bridgehead atoms. The van der Waals surface area contributed by atoms with E-state index in [2.05, 4.69) is 52.0 Å². The minimum Gasteiger partial charge on any atom is -0.0885 e. The maximum atomic E-state index is 13.1. The Hall–Kier alpha value is -0.0813. The smallest absolute Gasteiger partial charge is 0.0885 e. The second-order valence-electron chi connectivity index (χ2n) is 16.0. The van der Waals surface area contributed by atoms with E-state index in [9.17, 15) is 9.59 Å². The molecule has 55 heavy (non-hydrogen) atoms. The van der Waals surface area contributed by atoms with Crippen LogP contribution in [-0.2, 0) is 15.7 Å². The first-order valence-corrected chi connectivity index (χ1v) is 32.6. The van der Waals surface area contributed by atoms with Crippen molar-refractivity contribution >= 4 is 54.7 Å². The fourth-order valence-corrected chi connectivity index (χ4v) is 19.0. The standard InChI is InChI=1S/2C20H38O2S.2C4H9.Sn/c2*1-2-3-4-5-6-7-8-9-10-11-12-13-14-15-16-17-18-23-19-20(21)22;2*1-3-4-2;/h2*9-10H,2-8,11-19H2,1H3,(H,21,22);2*1,3-4H2,2H3;/q;;;;+2/p-2/b2*10-9-;;;. The minimum atomic E-state index is -3.85. The van der Waals surface area contributed by atoms with Gasteiger partial charge in [0.1, 0.15) is 0 Å². The van der Waals surface area contributed by atoms with Crippen LogP contribution in [0.3, 0.4) is 0 Å². The monoisotopic (exact) mass is 917 g/mol. The number of hydrogen-bond acceptors (Lipinski definition) is 6. The van der Waals surface area contributed by atoms with E-state index < -0.39 is 19.2 Å². The summed E-state index contributed by atoms with van der Waals surface area (Å²) in [7, 11) is 0. The van der Waals surface area contributed by atoms with E-state index in [1.807, 2.05) is 0 Å². The molecule has 0 rings (SSSR count). The van der Waals surface area contributed by atoms with Gasteiger partial charge >= 0.3 is 232 Å². The summed E-state index contributed by atoms with van der Waals surface area (Å²) >= 11 is -0.469. The second-order valence-corrected chi connectivity index (χ2v) is 27.5. The number of hydrogen-bond donors (Lipinski definition) is 0. The number of carbonyl (C=O) groups is 2. The average molecular weight is 916 g/mol. The van der Waals surface area contributed by atoms with Crippen LogP contribution in [0, 0.1) is 0 Å². The van der Waals surface area contributed by atoms with Crippen LogP contribution in [0.2, 0.25) is 8.87 Å². The predicted molar refractivity (Wildman–Crippen MR) is 251 cm³/mol. The molecular formula is C48H92O4S2Sn. The van der Waals surface area contributed by atoms with Crippen molar-refractivity contribution < 1.29 is 15.7 Å².